The second kappa shape index (κ2) is 12.3. The van der Waals surface area contributed by atoms with Gasteiger partial charge in [-0.05, 0) is 12.8 Å². The van der Waals surface area contributed by atoms with Gasteiger partial charge in [0.1, 0.15) is 0 Å². The molecule has 0 aliphatic rings. The molecule has 6 nitrogen and oxygen atoms in total. The Morgan fingerprint density at radius 1 is 1.28 bits per heavy atom. The second-order valence-electron chi connectivity index (χ2n) is 5.35. The third kappa shape index (κ3) is 9.28. The van der Waals surface area contributed by atoms with Crippen LogP contribution in [0.3, 0.4) is 0 Å². The van der Waals surface area contributed by atoms with E-state index in [1.54, 1.807) is 7.05 Å². The Morgan fingerprint density at radius 3 is 2.56 bits per heavy atom. The highest BCUT2D eigenvalue weighted by Gasteiger charge is 2.36. The van der Waals surface area contributed by atoms with Crippen LogP contribution in [0, 0.1) is 0 Å². The molecule has 146 valence electrons. The largest absolute Gasteiger partial charge is 0.435 e. The van der Waals surface area contributed by atoms with Crippen LogP contribution in [0.2, 0.25) is 0 Å². The van der Waals surface area contributed by atoms with E-state index in [2.05, 4.69) is 27.6 Å². The topological polar surface area (TPSA) is 63.5 Å². The Bertz CT molecular complexity index is 520. The maximum Gasteiger partial charge on any atom is 0.435 e. The molecule has 0 spiro atoms. The number of aromatic nitrogens is 2. The van der Waals surface area contributed by atoms with E-state index in [0.717, 1.165) is 30.6 Å². The van der Waals surface area contributed by atoms with Gasteiger partial charge in [-0.15, -0.1) is 24.0 Å². The Kier molecular flexibility index (Phi) is 11.8. The van der Waals surface area contributed by atoms with Gasteiger partial charge in [0, 0.05) is 52.2 Å². The van der Waals surface area contributed by atoms with Gasteiger partial charge >= 0.3 is 6.18 Å². The third-order valence-electron chi connectivity index (χ3n) is 3.24. The molecule has 0 unspecified atom stereocenters. The molecule has 1 aromatic heterocycles. The van der Waals surface area contributed by atoms with Crippen LogP contribution in [0.4, 0.5) is 13.2 Å². The second-order valence-corrected chi connectivity index (χ2v) is 5.35. The van der Waals surface area contributed by atoms with Crippen molar-refractivity contribution in [2.45, 2.75) is 38.9 Å². The number of guanidine groups is 1. The molecule has 0 radical (unpaired) electrons. The van der Waals surface area contributed by atoms with E-state index in [4.69, 9.17) is 4.74 Å². The highest BCUT2D eigenvalue weighted by molar-refractivity contribution is 14.0. The predicted octanol–water partition coefficient (Wildman–Crippen LogP) is 2.93. The zero-order valence-corrected chi connectivity index (χ0v) is 17.1. The highest BCUT2D eigenvalue weighted by Crippen LogP contribution is 2.30. The van der Waals surface area contributed by atoms with Crippen molar-refractivity contribution in [2.75, 3.05) is 26.8 Å². The summed E-state index contributed by atoms with van der Waals surface area (Å²) in [6, 6.07) is 0. The summed E-state index contributed by atoms with van der Waals surface area (Å²) in [6.45, 7) is 4.13. The summed E-state index contributed by atoms with van der Waals surface area (Å²) in [7, 11) is 3.03. The van der Waals surface area contributed by atoms with Gasteiger partial charge in [-0.3, -0.25) is 9.67 Å². The van der Waals surface area contributed by atoms with Crippen LogP contribution in [-0.4, -0.2) is 42.5 Å². The minimum absolute atomic E-state index is 0. The van der Waals surface area contributed by atoms with Crippen LogP contribution in [0.1, 0.15) is 37.4 Å². The van der Waals surface area contributed by atoms with Crippen molar-refractivity contribution in [3.8, 4) is 0 Å². The maximum atomic E-state index is 12.9. The standard InChI is InChI=1S/C15H26F3N5O.HI/c1-4-5-8-24-9-6-7-20-14(19-2)21-10-12-11-23(3)22-13(12)15(16,17)18;/h11H,4-10H2,1-3H3,(H2,19,20,21);1H. The fraction of sp³-hybridized carbons (Fsp3) is 0.733. The van der Waals surface area contributed by atoms with E-state index in [0.29, 0.717) is 19.1 Å². The normalized spacial score (nSPS) is 12.0. The lowest BCUT2D eigenvalue weighted by atomic mass is 10.2. The molecular weight excluding hydrogens is 450 g/mol. The molecule has 0 aromatic carbocycles. The molecule has 25 heavy (non-hydrogen) atoms. The molecule has 0 fully saturated rings. The first kappa shape index (κ1) is 24.0. The van der Waals surface area contributed by atoms with Crippen molar-refractivity contribution in [3.63, 3.8) is 0 Å². The highest BCUT2D eigenvalue weighted by atomic mass is 127. The molecule has 0 saturated carbocycles. The van der Waals surface area contributed by atoms with Gasteiger partial charge < -0.3 is 15.4 Å². The van der Waals surface area contributed by atoms with Crippen molar-refractivity contribution >= 4 is 29.9 Å². The number of hydrogen-bond donors (Lipinski definition) is 2. The molecule has 0 saturated heterocycles. The molecule has 1 heterocycles. The summed E-state index contributed by atoms with van der Waals surface area (Å²) in [5.74, 6) is 0.445. The van der Waals surface area contributed by atoms with Gasteiger partial charge in [-0.25, -0.2) is 0 Å². The lowest BCUT2D eigenvalue weighted by Gasteiger charge is -2.12. The van der Waals surface area contributed by atoms with Gasteiger partial charge in [-0.1, -0.05) is 13.3 Å². The summed E-state index contributed by atoms with van der Waals surface area (Å²) in [5, 5.41) is 9.38. The minimum atomic E-state index is -4.47. The molecule has 1 rings (SSSR count). The van der Waals surface area contributed by atoms with Crippen molar-refractivity contribution in [1.82, 2.24) is 20.4 Å². The monoisotopic (exact) mass is 477 g/mol. The molecule has 2 N–H and O–H groups in total. The number of hydrogen-bond acceptors (Lipinski definition) is 3. The molecule has 1 aromatic rings. The molecule has 10 heteroatoms. The number of ether oxygens (including phenoxy) is 1. The summed E-state index contributed by atoms with van der Waals surface area (Å²) >= 11 is 0. The van der Waals surface area contributed by atoms with Crippen LogP contribution in [0.25, 0.3) is 0 Å². The fourth-order valence-corrected chi connectivity index (χ4v) is 2.03. The summed E-state index contributed by atoms with van der Waals surface area (Å²) in [4.78, 5) is 3.99. The average molecular weight is 477 g/mol. The maximum absolute atomic E-state index is 12.9. The molecule has 0 atom stereocenters. The molecule has 0 aliphatic carbocycles. The van der Waals surface area contributed by atoms with E-state index in [1.165, 1.54) is 13.2 Å². The van der Waals surface area contributed by atoms with Gasteiger partial charge in [0.2, 0.25) is 0 Å². The zero-order chi connectivity index (χ0) is 18.0. The van der Waals surface area contributed by atoms with Crippen molar-refractivity contribution in [2.24, 2.45) is 12.0 Å². The number of rotatable bonds is 9. The Labute approximate surface area is 163 Å². The van der Waals surface area contributed by atoms with Crippen molar-refractivity contribution in [1.29, 1.82) is 0 Å². The average Bonchev–Trinajstić information content (AvgIpc) is 2.90. The molecular formula is C15H27F3IN5O. The third-order valence-corrected chi connectivity index (χ3v) is 3.24. The Hall–Kier alpha value is -1.04. The lowest BCUT2D eigenvalue weighted by Crippen LogP contribution is -2.37. The first-order valence-electron chi connectivity index (χ1n) is 8.00. The number of aliphatic imine (C=N–C) groups is 1. The number of unbranched alkanes of at least 4 members (excludes halogenated alkanes) is 1. The van der Waals surface area contributed by atoms with Gasteiger partial charge in [0.25, 0.3) is 0 Å². The number of halogens is 4. The van der Waals surface area contributed by atoms with Crippen molar-refractivity contribution < 1.29 is 17.9 Å². The van der Waals surface area contributed by atoms with E-state index < -0.39 is 11.9 Å². The molecule has 0 aliphatic heterocycles. The van der Waals surface area contributed by atoms with Crippen LogP contribution in [0.5, 0.6) is 0 Å². The molecule has 0 amide bonds. The van der Waals surface area contributed by atoms with E-state index >= 15 is 0 Å². The smallest absolute Gasteiger partial charge is 0.381 e. The first-order chi connectivity index (χ1) is 11.4. The quantitative estimate of drug-likeness (QED) is 0.249. The summed E-state index contributed by atoms with van der Waals surface area (Å²) in [6.07, 6.45) is -0.173. The zero-order valence-electron chi connectivity index (χ0n) is 14.8. The number of nitrogens with zero attached hydrogens (tertiary/aromatic N) is 3. The van der Waals surface area contributed by atoms with Crippen molar-refractivity contribution in [3.05, 3.63) is 17.5 Å². The van der Waals surface area contributed by atoms with Crippen LogP contribution >= 0.6 is 24.0 Å². The van der Waals surface area contributed by atoms with E-state index in [-0.39, 0.29) is 36.1 Å². The Morgan fingerprint density at radius 2 is 1.96 bits per heavy atom. The van der Waals surface area contributed by atoms with Crippen LogP contribution in [0.15, 0.2) is 11.2 Å². The first-order valence-corrected chi connectivity index (χ1v) is 8.00. The number of alkyl halides is 3. The summed E-state index contributed by atoms with van der Waals surface area (Å²) in [5.41, 5.74) is -0.798. The van der Waals surface area contributed by atoms with Crippen LogP contribution in [-0.2, 0) is 24.5 Å². The van der Waals surface area contributed by atoms with Gasteiger partial charge in [0.05, 0.1) is 0 Å². The predicted molar refractivity (Wildman–Crippen MR) is 102 cm³/mol. The number of aryl methyl sites for hydroxylation is 1. The number of nitrogens with one attached hydrogen (secondary N) is 2. The minimum Gasteiger partial charge on any atom is -0.381 e. The summed E-state index contributed by atoms with van der Waals surface area (Å²) < 4.78 is 45.2. The van der Waals surface area contributed by atoms with Gasteiger partial charge in [0.15, 0.2) is 11.7 Å². The molecule has 0 bridgehead atoms. The Balaban J connectivity index is 0.00000576. The SMILES string of the molecule is CCCCOCCCNC(=NC)NCc1cn(C)nc1C(F)(F)F.I. The fourth-order valence-electron chi connectivity index (χ4n) is 2.03. The van der Waals surface area contributed by atoms with E-state index in [1.807, 2.05) is 0 Å². The lowest BCUT2D eigenvalue weighted by molar-refractivity contribution is -0.142. The van der Waals surface area contributed by atoms with Crippen LogP contribution < -0.4 is 10.6 Å². The van der Waals surface area contributed by atoms with Gasteiger partial charge in [-0.2, -0.15) is 18.3 Å². The van der Waals surface area contributed by atoms with E-state index in [9.17, 15) is 13.2 Å².